The largest absolute Gasteiger partial charge is 0.496 e. The van der Waals surface area contributed by atoms with Crippen molar-refractivity contribution in [3.05, 3.63) is 75.3 Å². The van der Waals surface area contributed by atoms with Gasteiger partial charge in [0.25, 0.3) is 5.91 Å². The lowest BCUT2D eigenvalue weighted by molar-refractivity contribution is -0.122. The van der Waals surface area contributed by atoms with Crippen molar-refractivity contribution in [2.75, 3.05) is 23.8 Å². The van der Waals surface area contributed by atoms with Crippen LogP contribution >= 0.6 is 23.4 Å². The smallest absolute Gasteiger partial charge is 0.268 e. The van der Waals surface area contributed by atoms with E-state index in [1.54, 1.807) is 31.2 Å². The Morgan fingerprint density at radius 3 is 2.40 bits per heavy atom. The van der Waals surface area contributed by atoms with Gasteiger partial charge in [-0.1, -0.05) is 42.8 Å². The van der Waals surface area contributed by atoms with Gasteiger partial charge in [0.2, 0.25) is 5.91 Å². The van der Waals surface area contributed by atoms with Crippen molar-refractivity contribution in [3.63, 3.8) is 0 Å². The normalized spacial score (nSPS) is 13.6. The molecule has 3 rings (SSSR count). The van der Waals surface area contributed by atoms with Gasteiger partial charge in [0, 0.05) is 23.0 Å². The van der Waals surface area contributed by atoms with Gasteiger partial charge in [-0.25, -0.2) is 0 Å². The predicted molar refractivity (Wildman–Crippen MR) is 123 cm³/mol. The van der Waals surface area contributed by atoms with Crippen LogP contribution in [-0.2, 0) is 27.3 Å². The van der Waals surface area contributed by atoms with Crippen LogP contribution in [-0.4, -0.2) is 30.7 Å². The third kappa shape index (κ3) is 5.80. The van der Waals surface area contributed by atoms with Crippen LogP contribution in [0.5, 0.6) is 0 Å². The first-order valence-electron chi connectivity index (χ1n) is 9.86. The first-order valence-corrected chi connectivity index (χ1v) is 11.2. The number of ether oxygens (including phenoxy) is 1. The number of rotatable bonds is 7. The van der Waals surface area contributed by atoms with E-state index in [1.807, 2.05) is 12.1 Å². The number of allylic oxidation sites excluding steroid dienone is 1. The maximum absolute atomic E-state index is 13.2. The molecule has 0 unspecified atom stereocenters. The van der Waals surface area contributed by atoms with Gasteiger partial charge in [-0.3, -0.25) is 14.5 Å². The number of anilines is 1. The second-order valence-corrected chi connectivity index (χ2v) is 8.44. The van der Waals surface area contributed by atoms with Gasteiger partial charge in [0.1, 0.15) is 17.2 Å². The molecule has 158 valence electrons. The molecule has 0 bridgehead atoms. The van der Waals surface area contributed by atoms with Crippen LogP contribution in [0.25, 0.3) is 0 Å². The van der Waals surface area contributed by atoms with Crippen molar-refractivity contribution < 1.29 is 14.3 Å². The van der Waals surface area contributed by atoms with E-state index < -0.39 is 0 Å². The van der Waals surface area contributed by atoms with Crippen molar-refractivity contribution in [1.29, 1.82) is 0 Å². The second-order valence-electron chi connectivity index (χ2n) is 6.90. The Balaban J connectivity index is 1.73. The highest BCUT2D eigenvalue weighted by molar-refractivity contribution is 8.04. The zero-order valence-corrected chi connectivity index (χ0v) is 18.7. The Morgan fingerprint density at radius 1 is 1.10 bits per heavy atom. The van der Waals surface area contributed by atoms with E-state index in [1.165, 1.54) is 22.2 Å². The number of hydrogen-bond donors (Lipinski definition) is 1. The van der Waals surface area contributed by atoms with E-state index >= 15 is 0 Å². The van der Waals surface area contributed by atoms with Crippen LogP contribution in [0.15, 0.2) is 59.2 Å². The highest BCUT2D eigenvalue weighted by Gasteiger charge is 2.27. The van der Waals surface area contributed by atoms with Crippen molar-refractivity contribution in [3.8, 4) is 0 Å². The summed E-state index contributed by atoms with van der Waals surface area (Å²) < 4.78 is 5.54. The molecule has 2 amide bonds. The number of carbonyl (C=O) groups is 2. The number of halogens is 1. The van der Waals surface area contributed by atoms with Crippen molar-refractivity contribution in [2.45, 2.75) is 26.8 Å². The molecule has 1 aliphatic rings. The molecule has 0 aromatic heterocycles. The molecular formula is C23H25ClN2O3S. The van der Waals surface area contributed by atoms with Crippen LogP contribution in [0.4, 0.5) is 5.69 Å². The zero-order chi connectivity index (χ0) is 21.5. The van der Waals surface area contributed by atoms with Gasteiger partial charge in [-0.2, -0.15) is 0 Å². The Bertz CT molecular complexity index is 926. The summed E-state index contributed by atoms with van der Waals surface area (Å²) in [6.45, 7) is 4.77. The Morgan fingerprint density at radius 2 is 1.77 bits per heavy atom. The molecule has 0 spiro atoms. The summed E-state index contributed by atoms with van der Waals surface area (Å²) >= 11 is 7.45. The number of hydrogen-bond acceptors (Lipinski definition) is 4. The Hall–Kier alpha value is -2.44. The van der Waals surface area contributed by atoms with E-state index in [0.29, 0.717) is 40.3 Å². The Labute approximate surface area is 186 Å². The molecule has 0 radical (unpaired) electrons. The summed E-state index contributed by atoms with van der Waals surface area (Å²) in [5.41, 5.74) is 2.87. The molecule has 0 atom stereocenters. The molecule has 0 saturated carbocycles. The van der Waals surface area contributed by atoms with Gasteiger partial charge in [-0.05, 0) is 48.7 Å². The molecule has 0 saturated heterocycles. The fraction of sp³-hybridized carbons (Fsp3) is 0.304. The molecule has 7 heteroatoms. The predicted octanol–water partition coefficient (Wildman–Crippen LogP) is 4.55. The van der Waals surface area contributed by atoms with Gasteiger partial charge in [0.05, 0.1) is 6.61 Å². The number of nitrogens with one attached hydrogen (secondary N) is 1. The number of nitrogens with zero attached hydrogens (tertiary/aromatic N) is 1. The number of carbonyl (C=O) groups excluding carboxylic acids is 2. The summed E-state index contributed by atoms with van der Waals surface area (Å²) in [6.07, 6.45) is 0.974. The van der Waals surface area contributed by atoms with Gasteiger partial charge in [0.15, 0.2) is 0 Å². The number of amides is 2. The first kappa shape index (κ1) is 22.2. The summed E-state index contributed by atoms with van der Waals surface area (Å²) in [5, 5.41) is 3.47. The number of aryl methyl sites for hydroxylation is 1. The second kappa shape index (κ2) is 10.5. The first-order chi connectivity index (χ1) is 14.5. The summed E-state index contributed by atoms with van der Waals surface area (Å²) in [5.74, 6) is 0.804. The van der Waals surface area contributed by atoms with Crippen molar-refractivity contribution >= 4 is 40.9 Å². The minimum atomic E-state index is -0.248. The third-order valence-corrected chi connectivity index (χ3v) is 6.14. The molecule has 0 fully saturated rings. The molecule has 0 aliphatic carbocycles. The van der Waals surface area contributed by atoms with Crippen LogP contribution in [0.1, 0.15) is 25.0 Å². The topological polar surface area (TPSA) is 58.6 Å². The zero-order valence-electron chi connectivity index (χ0n) is 17.1. The molecule has 1 aliphatic heterocycles. The number of benzene rings is 2. The standard InChI is InChI=1S/C23H25ClN2O3S/c1-3-17-4-6-18(7-5-17)14-25-21(27)15-26(20-10-8-19(24)9-11-20)23(28)22-16(2)29-12-13-30-22/h4-11H,3,12-15H2,1-2H3,(H,25,27). The average molecular weight is 445 g/mol. The van der Waals surface area contributed by atoms with E-state index in [2.05, 4.69) is 24.4 Å². The minimum Gasteiger partial charge on any atom is -0.496 e. The van der Waals surface area contributed by atoms with Crippen LogP contribution in [0.2, 0.25) is 5.02 Å². The Kier molecular flexibility index (Phi) is 7.82. The van der Waals surface area contributed by atoms with Gasteiger partial charge >= 0.3 is 0 Å². The summed E-state index contributed by atoms with van der Waals surface area (Å²) in [4.78, 5) is 27.9. The summed E-state index contributed by atoms with van der Waals surface area (Å²) in [6, 6.07) is 15.0. The van der Waals surface area contributed by atoms with E-state index in [-0.39, 0.29) is 18.4 Å². The van der Waals surface area contributed by atoms with Crippen LogP contribution in [0, 0.1) is 0 Å². The van der Waals surface area contributed by atoms with E-state index in [9.17, 15) is 9.59 Å². The average Bonchev–Trinajstić information content (AvgIpc) is 2.77. The molecule has 1 heterocycles. The monoisotopic (exact) mass is 444 g/mol. The van der Waals surface area contributed by atoms with Crippen molar-refractivity contribution in [1.82, 2.24) is 5.32 Å². The van der Waals surface area contributed by atoms with E-state index in [0.717, 1.165) is 12.0 Å². The molecule has 1 N–H and O–H groups in total. The van der Waals surface area contributed by atoms with Gasteiger partial charge < -0.3 is 10.1 Å². The number of thioether (sulfide) groups is 1. The lowest BCUT2D eigenvalue weighted by Crippen LogP contribution is -2.41. The summed E-state index contributed by atoms with van der Waals surface area (Å²) in [7, 11) is 0. The lowest BCUT2D eigenvalue weighted by Gasteiger charge is -2.26. The maximum Gasteiger partial charge on any atom is 0.268 e. The quantitative estimate of drug-likeness (QED) is 0.680. The molecule has 2 aromatic rings. The fourth-order valence-corrected chi connectivity index (χ4v) is 4.03. The van der Waals surface area contributed by atoms with Crippen molar-refractivity contribution in [2.24, 2.45) is 0 Å². The fourth-order valence-electron chi connectivity index (χ4n) is 3.03. The highest BCUT2D eigenvalue weighted by atomic mass is 35.5. The third-order valence-electron chi connectivity index (χ3n) is 4.77. The lowest BCUT2D eigenvalue weighted by atomic mass is 10.1. The maximum atomic E-state index is 13.2. The molecule has 2 aromatic carbocycles. The molecule has 5 nitrogen and oxygen atoms in total. The van der Waals surface area contributed by atoms with E-state index in [4.69, 9.17) is 16.3 Å². The molecular weight excluding hydrogens is 420 g/mol. The SMILES string of the molecule is CCc1ccc(CNC(=O)CN(C(=O)C2=C(C)OCCS2)c2ccc(Cl)cc2)cc1. The van der Waals surface area contributed by atoms with Crippen LogP contribution < -0.4 is 10.2 Å². The highest BCUT2D eigenvalue weighted by Crippen LogP contribution is 2.29. The van der Waals surface area contributed by atoms with Gasteiger partial charge in [-0.15, -0.1) is 11.8 Å². The van der Waals surface area contributed by atoms with Crippen LogP contribution in [0.3, 0.4) is 0 Å². The molecule has 30 heavy (non-hydrogen) atoms. The minimum absolute atomic E-state index is 0.0924.